The number of hydrogen-bond donors (Lipinski definition) is 1. The molecule has 0 aliphatic carbocycles. The number of carbonyl (C=O) groups excluding carboxylic acids is 1. The molecule has 0 aliphatic rings. The van der Waals surface area contributed by atoms with Crippen molar-refractivity contribution in [3.63, 3.8) is 0 Å². The Morgan fingerprint density at radius 3 is 2.41 bits per heavy atom. The summed E-state index contributed by atoms with van der Waals surface area (Å²) in [4.78, 5) is 16.9. The van der Waals surface area contributed by atoms with E-state index in [0.717, 1.165) is 41.0 Å². The van der Waals surface area contributed by atoms with Gasteiger partial charge in [0.25, 0.3) is 5.91 Å². The van der Waals surface area contributed by atoms with Crippen LogP contribution < -0.4 is 10.2 Å². The van der Waals surface area contributed by atoms with Crippen molar-refractivity contribution in [3.05, 3.63) is 88.6 Å². The molecule has 8 heteroatoms. The van der Waals surface area contributed by atoms with Crippen LogP contribution in [0.4, 0.5) is 11.4 Å². The largest absolute Gasteiger partial charge is 0.451 e. The number of carbonyl (C=O) groups is 1. The first-order valence-corrected chi connectivity index (χ1v) is 12.6. The lowest BCUT2D eigenvalue weighted by Gasteiger charge is -2.22. The maximum Gasteiger partial charge on any atom is 0.291 e. The molecule has 1 amide bonds. The van der Waals surface area contributed by atoms with Crippen molar-refractivity contribution in [1.29, 1.82) is 0 Å². The summed E-state index contributed by atoms with van der Waals surface area (Å²) in [7, 11) is 0. The Balaban J connectivity index is 1.39. The number of halogens is 1. The van der Waals surface area contributed by atoms with Gasteiger partial charge in [0.2, 0.25) is 0 Å². The quantitative estimate of drug-likeness (QED) is 0.252. The third-order valence-corrected chi connectivity index (χ3v) is 6.67. The molecule has 0 unspecified atom stereocenters. The maximum atomic E-state index is 12.9. The third kappa shape index (κ3) is 4.95. The summed E-state index contributed by atoms with van der Waals surface area (Å²) in [6.45, 7) is 10.2. The molecule has 0 saturated heterocycles. The summed E-state index contributed by atoms with van der Waals surface area (Å²) in [5.74, 6) is 0.443. The molecule has 2 aromatic heterocycles. The van der Waals surface area contributed by atoms with Crippen molar-refractivity contribution in [3.8, 4) is 17.0 Å². The highest BCUT2D eigenvalue weighted by Gasteiger charge is 2.16. The van der Waals surface area contributed by atoms with Gasteiger partial charge in [-0.05, 0) is 93.4 Å². The van der Waals surface area contributed by atoms with Gasteiger partial charge in [-0.1, -0.05) is 23.7 Å². The number of hydrogen-bond acceptors (Lipinski definition) is 5. The van der Waals surface area contributed by atoms with E-state index in [2.05, 4.69) is 43.1 Å². The van der Waals surface area contributed by atoms with E-state index < -0.39 is 0 Å². The van der Waals surface area contributed by atoms with Gasteiger partial charge in [0.1, 0.15) is 16.8 Å². The molecule has 0 fully saturated rings. The molecule has 0 spiro atoms. The Hall–Kier alpha value is -4.10. The van der Waals surface area contributed by atoms with Gasteiger partial charge >= 0.3 is 0 Å². The minimum absolute atomic E-state index is 0.210. The lowest BCUT2D eigenvalue weighted by Crippen LogP contribution is -2.21. The van der Waals surface area contributed by atoms with Gasteiger partial charge in [0, 0.05) is 35.1 Å². The fraction of sp³-hybridized carbons (Fsp3) is 0.207. The van der Waals surface area contributed by atoms with E-state index in [1.54, 1.807) is 29.1 Å². The van der Waals surface area contributed by atoms with Crippen LogP contribution in [0.3, 0.4) is 0 Å². The topological polar surface area (TPSA) is 76.2 Å². The van der Waals surface area contributed by atoms with Gasteiger partial charge in [0.05, 0.1) is 5.69 Å². The van der Waals surface area contributed by atoms with Gasteiger partial charge in [0.15, 0.2) is 5.76 Å². The van der Waals surface area contributed by atoms with E-state index in [-0.39, 0.29) is 11.7 Å². The number of fused-ring (bicyclic) bond motifs is 1. The number of amides is 1. The number of benzene rings is 3. The predicted molar refractivity (Wildman–Crippen MR) is 149 cm³/mol. The molecule has 0 bridgehead atoms. The van der Waals surface area contributed by atoms with Crippen molar-refractivity contribution in [2.75, 3.05) is 23.3 Å². The fourth-order valence-electron chi connectivity index (χ4n) is 4.40. The van der Waals surface area contributed by atoms with E-state index >= 15 is 0 Å². The highest BCUT2D eigenvalue weighted by atomic mass is 35.5. The zero-order valence-electron chi connectivity index (χ0n) is 21.2. The van der Waals surface area contributed by atoms with Crippen LogP contribution in [-0.4, -0.2) is 34.0 Å². The number of rotatable bonds is 7. The monoisotopic (exact) mass is 513 g/mol. The third-order valence-electron chi connectivity index (χ3n) is 6.44. The molecule has 2 heterocycles. The standard InChI is InChI=1S/C29H28ClN5O2/c1-5-34(6-2)22-10-11-26(19(4)14-22)35-32-24-15-18(3)23(17-25(24)33-35)31-29(36)28-13-12-27(37-28)20-8-7-9-21(30)16-20/h7-17H,5-6H2,1-4H3,(H,31,36). The molecule has 0 atom stereocenters. The molecular formula is C29H28ClN5O2. The van der Waals surface area contributed by atoms with Crippen molar-refractivity contribution < 1.29 is 9.21 Å². The SMILES string of the molecule is CCN(CC)c1ccc(-n2nc3cc(C)c(NC(=O)c4ccc(-c5cccc(Cl)c5)o4)cc3n2)c(C)c1. The van der Waals surface area contributed by atoms with Crippen LogP contribution in [0.2, 0.25) is 5.02 Å². The van der Waals surface area contributed by atoms with Crippen LogP contribution in [0.25, 0.3) is 28.0 Å². The van der Waals surface area contributed by atoms with E-state index in [4.69, 9.17) is 26.2 Å². The van der Waals surface area contributed by atoms with Crippen LogP contribution >= 0.6 is 11.6 Å². The zero-order valence-corrected chi connectivity index (χ0v) is 22.0. The van der Waals surface area contributed by atoms with E-state index in [9.17, 15) is 4.79 Å². The van der Waals surface area contributed by atoms with Gasteiger partial charge in [-0.2, -0.15) is 4.80 Å². The highest BCUT2D eigenvalue weighted by Crippen LogP contribution is 2.27. The molecular weight excluding hydrogens is 486 g/mol. The molecule has 0 saturated carbocycles. The molecule has 1 N–H and O–H groups in total. The summed E-state index contributed by atoms with van der Waals surface area (Å²) >= 11 is 6.08. The molecule has 0 radical (unpaired) electrons. The number of aromatic nitrogens is 3. The Morgan fingerprint density at radius 2 is 1.70 bits per heavy atom. The first-order chi connectivity index (χ1) is 17.9. The second-order valence-corrected chi connectivity index (χ2v) is 9.35. The summed E-state index contributed by atoms with van der Waals surface area (Å²) in [6, 6.07) is 20.8. The Labute approximate surface area is 220 Å². The summed E-state index contributed by atoms with van der Waals surface area (Å²) in [5.41, 5.74) is 6.96. The van der Waals surface area contributed by atoms with Crippen molar-refractivity contribution in [1.82, 2.24) is 15.0 Å². The minimum atomic E-state index is -0.342. The Morgan fingerprint density at radius 1 is 0.946 bits per heavy atom. The van der Waals surface area contributed by atoms with Crippen LogP contribution in [0.5, 0.6) is 0 Å². The number of aryl methyl sites for hydroxylation is 2. The normalized spacial score (nSPS) is 11.2. The van der Waals surface area contributed by atoms with Crippen molar-refractivity contribution in [2.24, 2.45) is 0 Å². The number of furan rings is 1. The lowest BCUT2D eigenvalue weighted by atomic mass is 10.1. The number of nitrogens with one attached hydrogen (secondary N) is 1. The zero-order chi connectivity index (χ0) is 26.1. The second kappa shape index (κ2) is 10.1. The predicted octanol–water partition coefficient (Wildman–Crippen LogP) is 7.05. The Kier molecular flexibility index (Phi) is 6.72. The van der Waals surface area contributed by atoms with Crippen molar-refractivity contribution in [2.45, 2.75) is 27.7 Å². The molecule has 5 aromatic rings. The van der Waals surface area contributed by atoms with Crippen LogP contribution in [0.1, 0.15) is 35.5 Å². The van der Waals surface area contributed by atoms with Gasteiger partial charge in [-0.3, -0.25) is 4.79 Å². The summed E-state index contributed by atoms with van der Waals surface area (Å²) < 4.78 is 5.80. The molecule has 188 valence electrons. The molecule has 37 heavy (non-hydrogen) atoms. The summed E-state index contributed by atoms with van der Waals surface area (Å²) in [5, 5.41) is 12.9. The number of anilines is 2. The van der Waals surface area contributed by atoms with E-state index in [1.165, 1.54) is 5.69 Å². The van der Waals surface area contributed by atoms with Crippen LogP contribution in [0.15, 0.2) is 71.1 Å². The number of nitrogens with zero attached hydrogens (tertiary/aromatic N) is 4. The van der Waals surface area contributed by atoms with E-state index in [0.29, 0.717) is 22.0 Å². The average Bonchev–Trinajstić information content (AvgIpc) is 3.53. The molecule has 3 aromatic carbocycles. The molecule has 7 nitrogen and oxygen atoms in total. The van der Waals surface area contributed by atoms with Crippen LogP contribution in [-0.2, 0) is 0 Å². The highest BCUT2D eigenvalue weighted by molar-refractivity contribution is 6.30. The molecule has 5 rings (SSSR count). The average molecular weight is 514 g/mol. The summed E-state index contributed by atoms with van der Waals surface area (Å²) in [6.07, 6.45) is 0. The fourth-order valence-corrected chi connectivity index (χ4v) is 4.59. The van der Waals surface area contributed by atoms with Gasteiger partial charge in [-0.25, -0.2) is 0 Å². The van der Waals surface area contributed by atoms with Crippen molar-refractivity contribution >= 4 is 39.9 Å². The smallest absolute Gasteiger partial charge is 0.291 e. The van der Waals surface area contributed by atoms with Crippen LogP contribution in [0, 0.1) is 13.8 Å². The Bertz CT molecular complexity index is 1600. The van der Waals surface area contributed by atoms with E-state index in [1.807, 2.05) is 37.3 Å². The molecule has 0 aliphatic heterocycles. The first kappa shape index (κ1) is 24.6. The maximum absolute atomic E-state index is 12.9. The first-order valence-electron chi connectivity index (χ1n) is 12.3. The lowest BCUT2D eigenvalue weighted by molar-refractivity contribution is 0.0997. The second-order valence-electron chi connectivity index (χ2n) is 8.92. The minimum Gasteiger partial charge on any atom is -0.451 e. The van der Waals surface area contributed by atoms with Gasteiger partial charge in [-0.15, -0.1) is 10.2 Å². The van der Waals surface area contributed by atoms with Gasteiger partial charge < -0.3 is 14.6 Å².